The molecule has 1 rings (SSSR count). The Kier molecular flexibility index (Phi) is 2.36. The molecule has 0 aromatic carbocycles. The summed E-state index contributed by atoms with van der Waals surface area (Å²) in [5.41, 5.74) is 1.39. The molecule has 1 aromatic rings. The van der Waals surface area contributed by atoms with E-state index in [0.29, 0.717) is 5.88 Å². The monoisotopic (exact) mass is 165 g/mol. The normalized spacial score (nSPS) is 11.3. The summed E-state index contributed by atoms with van der Waals surface area (Å²) in [6, 6.07) is 3.94. The molecule has 0 saturated carbocycles. The van der Waals surface area contributed by atoms with Crippen molar-refractivity contribution in [3.63, 3.8) is 0 Å². The second kappa shape index (κ2) is 3.13. The van der Waals surface area contributed by atoms with Crippen molar-refractivity contribution in [1.29, 1.82) is 0 Å². The Hall–Kier alpha value is -1.05. The number of nitrogens with zero attached hydrogens (tertiary/aromatic N) is 1. The van der Waals surface area contributed by atoms with Crippen LogP contribution in [0.15, 0.2) is 18.3 Å². The van der Waals surface area contributed by atoms with E-state index >= 15 is 0 Å². The largest absolute Gasteiger partial charge is 0.481 e. The van der Waals surface area contributed by atoms with Crippen LogP contribution in [0.1, 0.15) is 26.3 Å². The van der Waals surface area contributed by atoms with E-state index in [4.69, 9.17) is 4.74 Å². The van der Waals surface area contributed by atoms with E-state index in [9.17, 15) is 0 Å². The zero-order chi connectivity index (χ0) is 9.19. The third kappa shape index (κ3) is 1.97. The highest BCUT2D eigenvalue weighted by atomic mass is 16.5. The smallest absolute Gasteiger partial charge is 0.212 e. The lowest BCUT2D eigenvalue weighted by Gasteiger charge is -2.18. The molecular weight excluding hydrogens is 150 g/mol. The van der Waals surface area contributed by atoms with E-state index in [-0.39, 0.29) is 5.41 Å². The number of hydrogen-bond donors (Lipinski definition) is 0. The average Bonchev–Trinajstić information content (AvgIpc) is 2.03. The third-order valence-corrected chi connectivity index (χ3v) is 1.81. The maximum absolute atomic E-state index is 4.97. The van der Waals surface area contributed by atoms with E-state index < -0.39 is 0 Å². The fourth-order valence-electron chi connectivity index (χ4n) is 0.945. The van der Waals surface area contributed by atoms with Gasteiger partial charge in [0, 0.05) is 12.3 Å². The van der Waals surface area contributed by atoms with Gasteiger partial charge in [-0.1, -0.05) is 26.8 Å². The van der Waals surface area contributed by atoms with Crippen LogP contribution in [0.5, 0.6) is 5.88 Å². The summed E-state index contributed by atoms with van der Waals surface area (Å²) in [5, 5.41) is 0. The molecule has 0 atom stereocenters. The van der Waals surface area contributed by atoms with Gasteiger partial charge in [-0.3, -0.25) is 0 Å². The Morgan fingerprint density at radius 3 is 2.25 bits per heavy atom. The highest BCUT2D eigenvalue weighted by Crippen LogP contribution is 2.22. The summed E-state index contributed by atoms with van der Waals surface area (Å²) in [7, 11) is 1.62. The van der Waals surface area contributed by atoms with Gasteiger partial charge < -0.3 is 4.74 Å². The van der Waals surface area contributed by atoms with Gasteiger partial charge in [0.25, 0.3) is 0 Å². The lowest BCUT2D eigenvalue weighted by Crippen LogP contribution is -2.11. The molecule has 0 saturated heterocycles. The van der Waals surface area contributed by atoms with E-state index in [1.807, 2.05) is 18.3 Å². The number of hydrogen-bond acceptors (Lipinski definition) is 2. The van der Waals surface area contributed by atoms with Crippen molar-refractivity contribution in [3.8, 4) is 5.88 Å². The molecule has 1 heterocycles. The van der Waals surface area contributed by atoms with E-state index in [1.165, 1.54) is 5.56 Å². The van der Waals surface area contributed by atoms with E-state index in [1.54, 1.807) is 7.11 Å². The zero-order valence-corrected chi connectivity index (χ0v) is 8.09. The molecule has 2 nitrogen and oxygen atoms in total. The van der Waals surface area contributed by atoms with Gasteiger partial charge in [-0.15, -0.1) is 0 Å². The number of rotatable bonds is 1. The summed E-state index contributed by atoms with van der Waals surface area (Å²) in [5.74, 6) is 0.669. The molecule has 12 heavy (non-hydrogen) atoms. The first kappa shape index (κ1) is 9.04. The minimum absolute atomic E-state index is 0.166. The molecule has 66 valence electrons. The lowest BCUT2D eigenvalue weighted by atomic mass is 9.88. The quantitative estimate of drug-likeness (QED) is 0.637. The maximum Gasteiger partial charge on any atom is 0.212 e. The predicted molar refractivity (Wildman–Crippen MR) is 49.5 cm³/mol. The van der Waals surface area contributed by atoms with Gasteiger partial charge in [-0.25, -0.2) is 4.98 Å². The molecule has 0 aliphatic heterocycles. The minimum atomic E-state index is 0.166. The van der Waals surface area contributed by atoms with Crippen molar-refractivity contribution in [2.24, 2.45) is 0 Å². The Balaban J connectivity index is 2.93. The van der Waals surface area contributed by atoms with Crippen LogP contribution in [0, 0.1) is 0 Å². The molecule has 0 spiro atoms. The summed E-state index contributed by atoms with van der Waals surface area (Å²) in [6.45, 7) is 6.49. The average molecular weight is 165 g/mol. The SMILES string of the molecule is COc1ccc(C(C)(C)C)cn1. The Morgan fingerprint density at radius 2 is 1.92 bits per heavy atom. The van der Waals surface area contributed by atoms with Crippen molar-refractivity contribution in [2.75, 3.05) is 7.11 Å². The lowest BCUT2D eigenvalue weighted by molar-refractivity contribution is 0.397. The van der Waals surface area contributed by atoms with Gasteiger partial charge in [-0.2, -0.15) is 0 Å². The molecule has 0 bridgehead atoms. The predicted octanol–water partition coefficient (Wildman–Crippen LogP) is 2.39. The van der Waals surface area contributed by atoms with Crippen molar-refractivity contribution < 1.29 is 4.74 Å². The van der Waals surface area contributed by atoms with E-state index in [0.717, 1.165) is 0 Å². The van der Waals surface area contributed by atoms with Gasteiger partial charge in [0.2, 0.25) is 5.88 Å². The first-order chi connectivity index (χ1) is 5.54. The van der Waals surface area contributed by atoms with Gasteiger partial charge in [0.1, 0.15) is 0 Å². The highest BCUT2D eigenvalue weighted by Gasteiger charge is 2.13. The number of pyridine rings is 1. The van der Waals surface area contributed by atoms with Crippen molar-refractivity contribution in [2.45, 2.75) is 26.2 Å². The Bertz CT molecular complexity index is 246. The number of ether oxygens (including phenoxy) is 1. The van der Waals surface area contributed by atoms with Gasteiger partial charge >= 0.3 is 0 Å². The topological polar surface area (TPSA) is 22.1 Å². The Labute approximate surface area is 73.6 Å². The van der Waals surface area contributed by atoms with Crippen molar-refractivity contribution >= 4 is 0 Å². The fraction of sp³-hybridized carbons (Fsp3) is 0.500. The molecular formula is C10H15NO. The van der Waals surface area contributed by atoms with Crippen LogP contribution >= 0.6 is 0 Å². The maximum atomic E-state index is 4.97. The van der Waals surface area contributed by atoms with E-state index in [2.05, 4.69) is 25.8 Å². The first-order valence-corrected chi connectivity index (χ1v) is 4.04. The summed E-state index contributed by atoms with van der Waals surface area (Å²) in [6.07, 6.45) is 1.86. The molecule has 0 radical (unpaired) electrons. The molecule has 0 aliphatic rings. The second-order valence-corrected chi connectivity index (χ2v) is 3.84. The standard InChI is InChI=1S/C10H15NO/c1-10(2,3)8-5-6-9(12-4)11-7-8/h5-7H,1-4H3. The van der Waals surface area contributed by atoms with Crippen LogP contribution in [0.4, 0.5) is 0 Å². The fourth-order valence-corrected chi connectivity index (χ4v) is 0.945. The van der Waals surface area contributed by atoms with Crippen LogP contribution in [0.2, 0.25) is 0 Å². The number of methoxy groups -OCH3 is 1. The van der Waals surface area contributed by atoms with Gasteiger partial charge in [0.05, 0.1) is 7.11 Å². The van der Waals surface area contributed by atoms with Crippen molar-refractivity contribution in [1.82, 2.24) is 4.98 Å². The number of aromatic nitrogens is 1. The Morgan fingerprint density at radius 1 is 1.25 bits per heavy atom. The van der Waals surface area contributed by atoms with Crippen LogP contribution in [-0.4, -0.2) is 12.1 Å². The van der Waals surface area contributed by atoms with Gasteiger partial charge in [-0.05, 0) is 11.0 Å². The molecule has 0 amide bonds. The molecule has 2 heteroatoms. The third-order valence-electron chi connectivity index (χ3n) is 1.81. The first-order valence-electron chi connectivity index (χ1n) is 4.04. The van der Waals surface area contributed by atoms with Gasteiger partial charge in [0.15, 0.2) is 0 Å². The molecule has 0 unspecified atom stereocenters. The molecule has 1 aromatic heterocycles. The highest BCUT2D eigenvalue weighted by molar-refractivity contribution is 5.23. The van der Waals surface area contributed by atoms with Crippen LogP contribution in [0.25, 0.3) is 0 Å². The van der Waals surface area contributed by atoms with Crippen molar-refractivity contribution in [3.05, 3.63) is 23.9 Å². The summed E-state index contributed by atoms with van der Waals surface area (Å²) >= 11 is 0. The zero-order valence-electron chi connectivity index (χ0n) is 8.09. The second-order valence-electron chi connectivity index (χ2n) is 3.84. The minimum Gasteiger partial charge on any atom is -0.481 e. The summed E-state index contributed by atoms with van der Waals surface area (Å²) < 4.78 is 4.97. The molecule has 0 aliphatic carbocycles. The molecule has 0 N–H and O–H groups in total. The molecule has 0 fully saturated rings. The van der Waals surface area contributed by atoms with Crippen LogP contribution < -0.4 is 4.74 Å². The van der Waals surface area contributed by atoms with Crippen LogP contribution in [0.3, 0.4) is 0 Å². The van der Waals surface area contributed by atoms with Crippen LogP contribution in [-0.2, 0) is 5.41 Å². The summed E-state index contributed by atoms with van der Waals surface area (Å²) in [4.78, 5) is 4.14.